The van der Waals surface area contributed by atoms with Crippen molar-refractivity contribution in [3.63, 3.8) is 0 Å². The summed E-state index contributed by atoms with van der Waals surface area (Å²) in [6.45, 7) is 3.78. The SMILES string of the molecule is CNC(=O)C(C)N1CCCC1CCCN. The molecule has 1 aliphatic rings. The number of carbonyl (C=O) groups excluding carboxylic acids is 1. The number of nitrogens with two attached hydrogens (primary N) is 1. The Kier molecular flexibility index (Phi) is 5.05. The molecule has 2 unspecified atom stereocenters. The van der Waals surface area contributed by atoms with Gasteiger partial charge in [0, 0.05) is 13.1 Å². The second kappa shape index (κ2) is 6.08. The van der Waals surface area contributed by atoms with E-state index in [0.29, 0.717) is 6.04 Å². The highest BCUT2D eigenvalue weighted by atomic mass is 16.2. The maximum Gasteiger partial charge on any atom is 0.236 e. The highest BCUT2D eigenvalue weighted by molar-refractivity contribution is 5.81. The molecule has 0 saturated carbocycles. The van der Waals surface area contributed by atoms with Crippen LogP contribution in [-0.4, -0.2) is 43.0 Å². The zero-order chi connectivity index (χ0) is 11.3. The number of carbonyl (C=O) groups is 1. The molecule has 0 aliphatic carbocycles. The van der Waals surface area contributed by atoms with E-state index in [4.69, 9.17) is 5.73 Å². The van der Waals surface area contributed by atoms with Crippen LogP contribution in [0.3, 0.4) is 0 Å². The lowest BCUT2D eigenvalue weighted by atomic mass is 10.1. The summed E-state index contributed by atoms with van der Waals surface area (Å²) in [6.07, 6.45) is 4.59. The summed E-state index contributed by atoms with van der Waals surface area (Å²) in [4.78, 5) is 13.9. The van der Waals surface area contributed by atoms with E-state index in [1.807, 2.05) is 6.92 Å². The zero-order valence-corrected chi connectivity index (χ0v) is 9.83. The van der Waals surface area contributed by atoms with E-state index in [1.54, 1.807) is 7.05 Å². The molecule has 1 aliphatic heterocycles. The van der Waals surface area contributed by atoms with E-state index in [-0.39, 0.29) is 11.9 Å². The molecule has 0 bridgehead atoms. The lowest BCUT2D eigenvalue weighted by molar-refractivity contribution is -0.125. The summed E-state index contributed by atoms with van der Waals surface area (Å²) in [5.74, 6) is 0.120. The molecule has 1 fully saturated rings. The Morgan fingerprint density at radius 1 is 1.67 bits per heavy atom. The van der Waals surface area contributed by atoms with Crippen LogP contribution in [0.1, 0.15) is 32.6 Å². The van der Waals surface area contributed by atoms with Crippen molar-refractivity contribution in [2.24, 2.45) is 5.73 Å². The van der Waals surface area contributed by atoms with Crippen LogP contribution in [0.2, 0.25) is 0 Å². The van der Waals surface area contributed by atoms with Gasteiger partial charge in [0.2, 0.25) is 5.91 Å². The molecule has 1 rings (SSSR count). The lowest BCUT2D eigenvalue weighted by Crippen LogP contribution is -2.46. The van der Waals surface area contributed by atoms with Crippen molar-refractivity contribution < 1.29 is 4.79 Å². The van der Waals surface area contributed by atoms with Gasteiger partial charge in [-0.1, -0.05) is 0 Å². The molecule has 0 spiro atoms. The van der Waals surface area contributed by atoms with Gasteiger partial charge in [0.15, 0.2) is 0 Å². The smallest absolute Gasteiger partial charge is 0.236 e. The highest BCUT2D eigenvalue weighted by Crippen LogP contribution is 2.23. The summed E-state index contributed by atoms with van der Waals surface area (Å²) in [6, 6.07) is 0.557. The van der Waals surface area contributed by atoms with Crippen molar-refractivity contribution in [2.45, 2.75) is 44.7 Å². The van der Waals surface area contributed by atoms with Gasteiger partial charge in [-0.25, -0.2) is 0 Å². The predicted octanol–water partition coefficient (Wildman–Crippen LogP) is 0.324. The average molecular weight is 213 g/mol. The molecule has 0 radical (unpaired) electrons. The van der Waals surface area contributed by atoms with Gasteiger partial charge < -0.3 is 11.1 Å². The van der Waals surface area contributed by atoms with Crippen molar-refractivity contribution in [1.29, 1.82) is 0 Å². The van der Waals surface area contributed by atoms with E-state index >= 15 is 0 Å². The number of nitrogens with zero attached hydrogens (tertiary/aromatic N) is 1. The third-order valence-electron chi connectivity index (χ3n) is 3.29. The first-order valence-electron chi connectivity index (χ1n) is 5.88. The van der Waals surface area contributed by atoms with Crippen LogP contribution in [-0.2, 0) is 4.79 Å². The molecule has 1 amide bonds. The third kappa shape index (κ3) is 3.18. The van der Waals surface area contributed by atoms with E-state index in [2.05, 4.69) is 10.2 Å². The van der Waals surface area contributed by atoms with Gasteiger partial charge in [-0.2, -0.15) is 0 Å². The number of rotatable bonds is 5. The average Bonchev–Trinajstić information content (AvgIpc) is 2.72. The Hall–Kier alpha value is -0.610. The van der Waals surface area contributed by atoms with Crippen molar-refractivity contribution in [3.8, 4) is 0 Å². The molecule has 4 heteroatoms. The van der Waals surface area contributed by atoms with Crippen LogP contribution in [0.5, 0.6) is 0 Å². The Morgan fingerprint density at radius 3 is 3.00 bits per heavy atom. The number of nitrogens with one attached hydrogen (secondary N) is 1. The normalized spacial score (nSPS) is 24.1. The molecule has 0 aromatic rings. The van der Waals surface area contributed by atoms with Gasteiger partial charge in [-0.3, -0.25) is 9.69 Å². The van der Waals surface area contributed by atoms with Crippen LogP contribution >= 0.6 is 0 Å². The molecule has 2 atom stereocenters. The van der Waals surface area contributed by atoms with Gasteiger partial charge in [0.1, 0.15) is 0 Å². The Morgan fingerprint density at radius 2 is 2.40 bits per heavy atom. The molecule has 0 aromatic carbocycles. The second-order valence-electron chi connectivity index (χ2n) is 4.26. The summed E-state index contributed by atoms with van der Waals surface area (Å²) in [5, 5.41) is 2.71. The van der Waals surface area contributed by atoms with E-state index in [1.165, 1.54) is 12.8 Å². The van der Waals surface area contributed by atoms with Gasteiger partial charge in [0.25, 0.3) is 0 Å². The minimum absolute atomic E-state index is 0.000254. The van der Waals surface area contributed by atoms with Gasteiger partial charge in [-0.15, -0.1) is 0 Å². The van der Waals surface area contributed by atoms with Crippen molar-refractivity contribution in [1.82, 2.24) is 10.2 Å². The topological polar surface area (TPSA) is 58.4 Å². The van der Waals surface area contributed by atoms with Gasteiger partial charge in [-0.05, 0) is 45.7 Å². The standard InChI is InChI=1S/C11H23N3O/c1-9(11(15)13-2)14-8-4-6-10(14)5-3-7-12/h9-10H,3-8,12H2,1-2H3,(H,13,15). The first-order valence-corrected chi connectivity index (χ1v) is 5.88. The summed E-state index contributed by atoms with van der Waals surface area (Å²) in [7, 11) is 1.70. The molecule has 1 saturated heterocycles. The first kappa shape index (κ1) is 12.5. The third-order valence-corrected chi connectivity index (χ3v) is 3.29. The van der Waals surface area contributed by atoms with Crippen LogP contribution in [0.25, 0.3) is 0 Å². The fourth-order valence-electron chi connectivity index (χ4n) is 2.39. The van der Waals surface area contributed by atoms with E-state index in [9.17, 15) is 4.79 Å². The summed E-state index contributed by atoms with van der Waals surface area (Å²) < 4.78 is 0. The Bertz CT molecular complexity index is 208. The molecular weight excluding hydrogens is 190 g/mol. The highest BCUT2D eigenvalue weighted by Gasteiger charge is 2.30. The Balaban J connectivity index is 2.47. The number of amides is 1. The predicted molar refractivity (Wildman–Crippen MR) is 61.5 cm³/mol. The molecule has 0 aromatic heterocycles. The fourth-order valence-corrected chi connectivity index (χ4v) is 2.39. The van der Waals surface area contributed by atoms with Crippen LogP contribution in [0, 0.1) is 0 Å². The maximum atomic E-state index is 11.5. The number of likely N-dealkylation sites (tertiary alicyclic amines) is 1. The van der Waals surface area contributed by atoms with Gasteiger partial charge >= 0.3 is 0 Å². The maximum absolute atomic E-state index is 11.5. The molecule has 1 heterocycles. The Labute approximate surface area is 92.2 Å². The molecule has 15 heavy (non-hydrogen) atoms. The zero-order valence-electron chi connectivity index (χ0n) is 9.83. The largest absolute Gasteiger partial charge is 0.358 e. The number of hydrogen-bond donors (Lipinski definition) is 2. The second-order valence-corrected chi connectivity index (χ2v) is 4.26. The van der Waals surface area contributed by atoms with E-state index in [0.717, 1.165) is 25.9 Å². The molecule has 3 N–H and O–H groups in total. The van der Waals surface area contributed by atoms with Crippen molar-refractivity contribution in [2.75, 3.05) is 20.1 Å². The molecular formula is C11H23N3O. The molecule has 88 valence electrons. The summed E-state index contributed by atoms with van der Waals surface area (Å²) in [5.41, 5.74) is 5.52. The van der Waals surface area contributed by atoms with Crippen LogP contribution < -0.4 is 11.1 Å². The lowest BCUT2D eigenvalue weighted by Gasteiger charge is -2.29. The van der Waals surface area contributed by atoms with Gasteiger partial charge in [0.05, 0.1) is 6.04 Å². The minimum Gasteiger partial charge on any atom is -0.358 e. The summed E-state index contributed by atoms with van der Waals surface area (Å²) >= 11 is 0. The molecule has 4 nitrogen and oxygen atoms in total. The number of likely N-dealkylation sites (N-methyl/N-ethyl adjacent to an activating group) is 1. The fraction of sp³-hybridized carbons (Fsp3) is 0.909. The van der Waals surface area contributed by atoms with Crippen LogP contribution in [0.4, 0.5) is 0 Å². The minimum atomic E-state index is 0.000254. The monoisotopic (exact) mass is 213 g/mol. The quantitative estimate of drug-likeness (QED) is 0.691. The number of hydrogen-bond acceptors (Lipinski definition) is 3. The van der Waals surface area contributed by atoms with E-state index < -0.39 is 0 Å². The van der Waals surface area contributed by atoms with Crippen molar-refractivity contribution in [3.05, 3.63) is 0 Å². The first-order chi connectivity index (χ1) is 7.20. The van der Waals surface area contributed by atoms with Crippen molar-refractivity contribution >= 4 is 5.91 Å². The van der Waals surface area contributed by atoms with Crippen LogP contribution in [0.15, 0.2) is 0 Å².